The Hall–Kier alpha value is -1.23. The molecule has 0 unspecified atom stereocenters. The summed E-state index contributed by atoms with van der Waals surface area (Å²) >= 11 is 1.50. The zero-order valence-corrected chi connectivity index (χ0v) is 9.54. The first-order chi connectivity index (χ1) is 7.26. The quantitative estimate of drug-likeness (QED) is 0.713. The summed E-state index contributed by atoms with van der Waals surface area (Å²) in [4.78, 5) is 14.9. The summed E-state index contributed by atoms with van der Waals surface area (Å²) in [5.41, 5.74) is 1.06. The SMILES string of the molecule is COC(=O)CSCc1ccc(OC)nc1. The van der Waals surface area contributed by atoms with Gasteiger partial charge in [0.1, 0.15) is 0 Å². The van der Waals surface area contributed by atoms with E-state index < -0.39 is 0 Å². The number of carbonyl (C=O) groups excluding carboxylic acids is 1. The van der Waals surface area contributed by atoms with Crippen LogP contribution in [-0.2, 0) is 15.3 Å². The molecule has 1 rings (SSSR count). The first-order valence-electron chi connectivity index (χ1n) is 4.39. The standard InChI is InChI=1S/C10H13NO3S/c1-13-9-4-3-8(5-11-9)6-15-7-10(12)14-2/h3-5H,6-7H2,1-2H3. The topological polar surface area (TPSA) is 48.4 Å². The van der Waals surface area contributed by atoms with E-state index in [0.717, 1.165) is 11.3 Å². The van der Waals surface area contributed by atoms with Gasteiger partial charge < -0.3 is 9.47 Å². The molecule has 0 spiro atoms. The van der Waals surface area contributed by atoms with Crippen molar-refractivity contribution < 1.29 is 14.3 Å². The molecule has 5 heteroatoms. The Morgan fingerprint density at radius 1 is 1.47 bits per heavy atom. The summed E-state index contributed by atoms with van der Waals surface area (Å²) in [7, 11) is 2.96. The highest BCUT2D eigenvalue weighted by Gasteiger charge is 2.01. The molecule has 4 nitrogen and oxygen atoms in total. The molecule has 82 valence electrons. The first kappa shape index (κ1) is 11.8. The summed E-state index contributed by atoms with van der Waals surface area (Å²) in [6.45, 7) is 0. The molecule has 1 aromatic rings. The van der Waals surface area contributed by atoms with Crippen molar-refractivity contribution in [3.63, 3.8) is 0 Å². The van der Waals surface area contributed by atoms with Gasteiger partial charge in [0.25, 0.3) is 0 Å². The van der Waals surface area contributed by atoms with Gasteiger partial charge in [0.05, 0.1) is 20.0 Å². The van der Waals surface area contributed by atoms with E-state index in [1.165, 1.54) is 18.9 Å². The van der Waals surface area contributed by atoms with Gasteiger partial charge in [-0.1, -0.05) is 6.07 Å². The average molecular weight is 227 g/mol. The Bertz CT molecular complexity index is 313. The van der Waals surface area contributed by atoms with E-state index in [0.29, 0.717) is 11.6 Å². The van der Waals surface area contributed by atoms with Crippen LogP contribution in [0.25, 0.3) is 0 Å². The lowest BCUT2D eigenvalue weighted by atomic mass is 10.3. The molecule has 0 radical (unpaired) electrons. The Kier molecular flexibility index (Phi) is 4.97. The van der Waals surface area contributed by atoms with Crippen LogP contribution in [0.2, 0.25) is 0 Å². The molecule has 1 aromatic heterocycles. The summed E-state index contributed by atoms with van der Waals surface area (Å²) < 4.78 is 9.47. The van der Waals surface area contributed by atoms with Crippen molar-refractivity contribution >= 4 is 17.7 Å². The van der Waals surface area contributed by atoms with Gasteiger partial charge in [-0.3, -0.25) is 4.79 Å². The van der Waals surface area contributed by atoms with Gasteiger partial charge in [0, 0.05) is 18.0 Å². The molecular formula is C10H13NO3S. The van der Waals surface area contributed by atoms with Crippen LogP contribution in [0.5, 0.6) is 5.88 Å². The van der Waals surface area contributed by atoms with Gasteiger partial charge in [0.2, 0.25) is 5.88 Å². The van der Waals surface area contributed by atoms with Crippen LogP contribution in [0.1, 0.15) is 5.56 Å². The number of aromatic nitrogens is 1. The van der Waals surface area contributed by atoms with Gasteiger partial charge in [-0.15, -0.1) is 11.8 Å². The minimum Gasteiger partial charge on any atom is -0.481 e. The minimum atomic E-state index is -0.207. The van der Waals surface area contributed by atoms with Crippen LogP contribution in [-0.4, -0.2) is 30.9 Å². The summed E-state index contributed by atoms with van der Waals surface area (Å²) in [6.07, 6.45) is 1.74. The van der Waals surface area contributed by atoms with Gasteiger partial charge >= 0.3 is 5.97 Å². The maximum absolute atomic E-state index is 10.8. The second-order valence-electron chi connectivity index (χ2n) is 2.78. The lowest BCUT2D eigenvalue weighted by Gasteiger charge is -2.02. The number of pyridine rings is 1. The van der Waals surface area contributed by atoms with Crippen molar-refractivity contribution in [1.82, 2.24) is 4.98 Å². The lowest BCUT2D eigenvalue weighted by molar-refractivity contribution is -0.137. The summed E-state index contributed by atoms with van der Waals surface area (Å²) in [6, 6.07) is 3.73. The van der Waals surface area contributed by atoms with Crippen molar-refractivity contribution in [2.24, 2.45) is 0 Å². The Morgan fingerprint density at radius 3 is 2.80 bits per heavy atom. The van der Waals surface area contributed by atoms with Crippen molar-refractivity contribution in [3.05, 3.63) is 23.9 Å². The monoisotopic (exact) mass is 227 g/mol. The Labute approximate surface area is 93.0 Å². The van der Waals surface area contributed by atoms with Crippen molar-refractivity contribution in [1.29, 1.82) is 0 Å². The molecule has 0 aliphatic heterocycles. The largest absolute Gasteiger partial charge is 0.481 e. The summed E-state index contributed by atoms with van der Waals surface area (Å²) in [5.74, 6) is 1.49. The second kappa shape index (κ2) is 6.29. The molecule has 0 N–H and O–H groups in total. The number of hydrogen-bond donors (Lipinski definition) is 0. The lowest BCUT2D eigenvalue weighted by Crippen LogP contribution is -2.03. The zero-order valence-electron chi connectivity index (χ0n) is 8.73. The van der Waals surface area contributed by atoms with Crippen LogP contribution < -0.4 is 4.74 Å². The number of ether oxygens (including phenoxy) is 2. The van der Waals surface area contributed by atoms with Crippen LogP contribution in [0.15, 0.2) is 18.3 Å². The molecule has 0 saturated carbocycles. The molecule has 0 aliphatic carbocycles. The molecule has 0 atom stereocenters. The predicted molar refractivity (Wildman–Crippen MR) is 59.0 cm³/mol. The molecule has 0 aromatic carbocycles. The van der Waals surface area contributed by atoms with Gasteiger partial charge in [-0.2, -0.15) is 0 Å². The molecule has 15 heavy (non-hydrogen) atoms. The van der Waals surface area contributed by atoms with Gasteiger partial charge in [-0.05, 0) is 5.56 Å². The molecule has 1 heterocycles. The molecule has 0 fully saturated rings. The fourth-order valence-corrected chi connectivity index (χ4v) is 1.72. The number of methoxy groups -OCH3 is 2. The van der Waals surface area contributed by atoms with Crippen LogP contribution in [0.3, 0.4) is 0 Å². The van der Waals surface area contributed by atoms with Crippen molar-refractivity contribution in [2.45, 2.75) is 5.75 Å². The van der Waals surface area contributed by atoms with E-state index in [1.54, 1.807) is 19.4 Å². The summed E-state index contributed by atoms with van der Waals surface area (Å²) in [5, 5.41) is 0. The smallest absolute Gasteiger partial charge is 0.315 e. The van der Waals surface area contributed by atoms with Gasteiger partial charge in [0.15, 0.2) is 0 Å². The third-order valence-corrected chi connectivity index (χ3v) is 2.70. The molecule has 0 aliphatic rings. The fraction of sp³-hybridized carbons (Fsp3) is 0.400. The molecular weight excluding hydrogens is 214 g/mol. The third kappa shape index (κ3) is 4.20. The number of rotatable bonds is 5. The Morgan fingerprint density at radius 2 is 2.27 bits per heavy atom. The van der Waals surface area contributed by atoms with Crippen molar-refractivity contribution in [2.75, 3.05) is 20.0 Å². The van der Waals surface area contributed by atoms with E-state index in [4.69, 9.17) is 4.74 Å². The van der Waals surface area contributed by atoms with Crippen molar-refractivity contribution in [3.8, 4) is 5.88 Å². The zero-order chi connectivity index (χ0) is 11.1. The average Bonchev–Trinajstić information content (AvgIpc) is 2.29. The third-order valence-electron chi connectivity index (χ3n) is 1.72. The highest BCUT2D eigenvalue weighted by molar-refractivity contribution is 7.99. The minimum absolute atomic E-state index is 0.207. The maximum atomic E-state index is 10.8. The van der Waals surface area contributed by atoms with Crippen LogP contribution in [0.4, 0.5) is 0 Å². The highest BCUT2D eigenvalue weighted by Crippen LogP contribution is 2.13. The molecule has 0 bridgehead atoms. The van der Waals surface area contributed by atoms with E-state index >= 15 is 0 Å². The maximum Gasteiger partial charge on any atom is 0.315 e. The number of hydrogen-bond acceptors (Lipinski definition) is 5. The van der Waals surface area contributed by atoms with E-state index in [2.05, 4.69) is 9.72 Å². The van der Waals surface area contributed by atoms with E-state index in [9.17, 15) is 4.79 Å². The van der Waals surface area contributed by atoms with E-state index in [-0.39, 0.29) is 5.97 Å². The number of nitrogens with zero attached hydrogens (tertiary/aromatic N) is 1. The molecule has 0 saturated heterocycles. The molecule has 0 amide bonds. The normalized spacial score (nSPS) is 9.73. The second-order valence-corrected chi connectivity index (χ2v) is 3.76. The number of carbonyl (C=O) groups is 1. The highest BCUT2D eigenvalue weighted by atomic mass is 32.2. The van der Waals surface area contributed by atoms with E-state index in [1.807, 2.05) is 6.07 Å². The van der Waals surface area contributed by atoms with Gasteiger partial charge in [-0.25, -0.2) is 4.98 Å². The number of esters is 1. The van der Waals surface area contributed by atoms with Crippen LogP contribution in [0, 0.1) is 0 Å². The predicted octanol–water partition coefficient (Wildman–Crippen LogP) is 1.50. The Balaban J connectivity index is 2.34. The fourth-order valence-electron chi connectivity index (χ4n) is 0.928. The van der Waals surface area contributed by atoms with Crippen LogP contribution >= 0.6 is 11.8 Å². The first-order valence-corrected chi connectivity index (χ1v) is 5.55. The number of thioether (sulfide) groups is 1.